The van der Waals surface area contributed by atoms with E-state index in [1.807, 2.05) is 18.5 Å². The third-order valence-corrected chi connectivity index (χ3v) is 5.55. The van der Waals surface area contributed by atoms with Gasteiger partial charge in [0.25, 0.3) is 5.91 Å². The van der Waals surface area contributed by atoms with Crippen LogP contribution < -0.4 is 11.1 Å². The van der Waals surface area contributed by atoms with Gasteiger partial charge in [0.2, 0.25) is 0 Å². The van der Waals surface area contributed by atoms with Gasteiger partial charge in [-0.3, -0.25) is 14.7 Å². The topological polar surface area (TPSA) is 71.2 Å². The molecular weight excluding hydrogens is 332 g/mol. The van der Waals surface area contributed by atoms with E-state index in [9.17, 15) is 4.79 Å². The van der Waals surface area contributed by atoms with Crippen LogP contribution in [0.3, 0.4) is 0 Å². The molecule has 1 atom stereocenters. The van der Waals surface area contributed by atoms with E-state index in [2.05, 4.69) is 34.3 Å². The van der Waals surface area contributed by atoms with Crippen molar-refractivity contribution in [3.8, 4) is 0 Å². The van der Waals surface area contributed by atoms with Gasteiger partial charge in [0.05, 0.1) is 11.3 Å². The van der Waals surface area contributed by atoms with Gasteiger partial charge in [-0.25, -0.2) is 0 Å². The van der Waals surface area contributed by atoms with Crippen molar-refractivity contribution in [1.29, 1.82) is 0 Å². The third kappa shape index (κ3) is 4.45. The number of aryl methyl sites for hydroxylation is 1. The smallest absolute Gasteiger partial charge is 0.252 e. The van der Waals surface area contributed by atoms with Gasteiger partial charge in [0.15, 0.2) is 0 Å². The maximum absolute atomic E-state index is 12.3. The summed E-state index contributed by atoms with van der Waals surface area (Å²) >= 11 is 1.68. The highest BCUT2D eigenvalue weighted by molar-refractivity contribution is 7.10. The number of thiophene rings is 1. The predicted octanol–water partition coefficient (Wildman–Crippen LogP) is 2.34. The molecule has 1 aliphatic rings. The molecule has 0 saturated carbocycles. The molecule has 0 fully saturated rings. The third-order valence-electron chi connectivity index (χ3n) is 4.54. The number of pyridine rings is 1. The van der Waals surface area contributed by atoms with Gasteiger partial charge in [0, 0.05) is 48.7 Å². The Morgan fingerprint density at radius 1 is 1.48 bits per heavy atom. The fourth-order valence-corrected chi connectivity index (χ4v) is 4.16. The lowest BCUT2D eigenvalue weighted by molar-refractivity contribution is 0.0950. The quantitative estimate of drug-likeness (QED) is 0.831. The normalized spacial score (nSPS) is 15.6. The Morgan fingerprint density at radius 3 is 3.00 bits per heavy atom. The molecule has 0 spiro atoms. The number of carbonyl (C=O) groups is 1. The summed E-state index contributed by atoms with van der Waals surface area (Å²) in [7, 11) is 0. The molecule has 0 bridgehead atoms. The van der Waals surface area contributed by atoms with Crippen LogP contribution in [0.15, 0.2) is 23.7 Å². The van der Waals surface area contributed by atoms with Crippen LogP contribution in [0.1, 0.15) is 45.9 Å². The number of hydrogen-bond acceptors (Lipinski definition) is 5. The highest BCUT2D eigenvalue weighted by atomic mass is 32.1. The van der Waals surface area contributed by atoms with E-state index in [-0.39, 0.29) is 11.9 Å². The maximum Gasteiger partial charge on any atom is 0.252 e. The molecule has 2 aromatic rings. The van der Waals surface area contributed by atoms with Crippen molar-refractivity contribution in [2.45, 2.75) is 45.8 Å². The van der Waals surface area contributed by atoms with Crippen molar-refractivity contribution < 1.29 is 4.79 Å². The molecule has 6 heteroatoms. The van der Waals surface area contributed by atoms with Gasteiger partial charge in [0.1, 0.15) is 0 Å². The number of nitrogens with zero attached hydrogens (tertiary/aromatic N) is 2. The van der Waals surface area contributed by atoms with Crippen molar-refractivity contribution in [2.75, 3.05) is 13.1 Å². The Kier molecular flexibility index (Phi) is 5.83. The first-order chi connectivity index (χ1) is 12.1. The van der Waals surface area contributed by atoms with Crippen molar-refractivity contribution in [2.24, 2.45) is 5.73 Å². The number of rotatable bonds is 6. The molecule has 3 rings (SSSR count). The van der Waals surface area contributed by atoms with Crippen LogP contribution >= 0.6 is 11.3 Å². The maximum atomic E-state index is 12.3. The standard InChI is InChI=1S/C19H26N4OS/c1-3-14-4-5-15(21-9-14)10-23-7-6-16-17(12-25-18(16)11-23)19(24)22-8-13(2)20/h4-5,9,12-13H,3,6-8,10-11,20H2,1-2H3,(H,22,24)/t13-/m0/s1. The minimum atomic E-state index is -0.0273. The Balaban J connectivity index is 1.63. The SMILES string of the molecule is CCc1ccc(CN2CCc3c(C(=O)NC[C@H](C)N)csc3C2)nc1. The minimum Gasteiger partial charge on any atom is -0.350 e. The molecule has 134 valence electrons. The lowest BCUT2D eigenvalue weighted by Crippen LogP contribution is -2.36. The summed E-state index contributed by atoms with van der Waals surface area (Å²) in [6, 6.07) is 4.25. The Morgan fingerprint density at radius 2 is 2.32 bits per heavy atom. The molecule has 3 N–H and O–H groups in total. The summed E-state index contributed by atoms with van der Waals surface area (Å²) in [6.07, 6.45) is 3.90. The second-order valence-electron chi connectivity index (χ2n) is 6.71. The number of nitrogens with two attached hydrogens (primary N) is 1. The van der Waals surface area contributed by atoms with E-state index in [1.165, 1.54) is 16.0 Å². The highest BCUT2D eigenvalue weighted by Gasteiger charge is 2.24. The number of amides is 1. The van der Waals surface area contributed by atoms with Gasteiger partial charge in [-0.05, 0) is 37.0 Å². The molecule has 0 aliphatic carbocycles. The minimum absolute atomic E-state index is 0.0000658. The molecule has 3 heterocycles. The van der Waals surface area contributed by atoms with Crippen LogP contribution in [0.4, 0.5) is 0 Å². The largest absolute Gasteiger partial charge is 0.350 e. The van der Waals surface area contributed by atoms with E-state index < -0.39 is 0 Å². The summed E-state index contributed by atoms with van der Waals surface area (Å²) in [6.45, 7) is 7.23. The second-order valence-corrected chi connectivity index (χ2v) is 7.67. The van der Waals surface area contributed by atoms with Gasteiger partial charge in [-0.2, -0.15) is 0 Å². The fourth-order valence-electron chi connectivity index (χ4n) is 3.04. The van der Waals surface area contributed by atoms with Crippen LogP contribution in [-0.2, 0) is 25.9 Å². The van der Waals surface area contributed by atoms with Crippen molar-refractivity contribution in [1.82, 2.24) is 15.2 Å². The summed E-state index contributed by atoms with van der Waals surface area (Å²) in [5.74, 6) is 0.0000658. The molecule has 2 aromatic heterocycles. The van der Waals surface area contributed by atoms with E-state index >= 15 is 0 Å². The summed E-state index contributed by atoms with van der Waals surface area (Å²) < 4.78 is 0. The Labute approximate surface area is 153 Å². The number of hydrogen-bond donors (Lipinski definition) is 2. The number of aromatic nitrogens is 1. The molecule has 0 saturated heterocycles. The number of fused-ring (bicyclic) bond motifs is 1. The first kappa shape index (κ1) is 18.0. The monoisotopic (exact) mass is 358 g/mol. The van der Waals surface area contributed by atoms with Crippen molar-refractivity contribution in [3.05, 3.63) is 51.0 Å². The van der Waals surface area contributed by atoms with E-state index in [0.717, 1.165) is 43.7 Å². The molecule has 5 nitrogen and oxygen atoms in total. The van der Waals surface area contributed by atoms with Crippen molar-refractivity contribution in [3.63, 3.8) is 0 Å². The zero-order valence-electron chi connectivity index (χ0n) is 14.9. The molecule has 1 aliphatic heterocycles. The van der Waals surface area contributed by atoms with Gasteiger partial charge in [-0.15, -0.1) is 11.3 Å². The first-order valence-corrected chi connectivity index (χ1v) is 9.74. The second kappa shape index (κ2) is 8.08. The lowest BCUT2D eigenvalue weighted by atomic mass is 10.0. The van der Waals surface area contributed by atoms with Crippen LogP contribution in [0.5, 0.6) is 0 Å². The van der Waals surface area contributed by atoms with Gasteiger partial charge < -0.3 is 11.1 Å². The molecule has 0 radical (unpaired) electrons. The average molecular weight is 359 g/mol. The zero-order chi connectivity index (χ0) is 17.8. The van der Waals surface area contributed by atoms with Gasteiger partial charge >= 0.3 is 0 Å². The van der Waals surface area contributed by atoms with Crippen LogP contribution in [0.2, 0.25) is 0 Å². The Bertz CT molecular complexity index is 724. The molecular formula is C19H26N4OS. The average Bonchev–Trinajstić information content (AvgIpc) is 3.03. The van der Waals surface area contributed by atoms with Crippen LogP contribution in [-0.4, -0.2) is 34.9 Å². The molecule has 0 aromatic carbocycles. The first-order valence-electron chi connectivity index (χ1n) is 8.86. The summed E-state index contributed by atoms with van der Waals surface area (Å²) in [4.78, 5) is 20.6. The molecule has 1 amide bonds. The summed E-state index contributed by atoms with van der Waals surface area (Å²) in [5.41, 5.74) is 10.1. The number of carbonyl (C=O) groups excluding carboxylic acids is 1. The predicted molar refractivity (Wildman–Crippen MR) is 102 cm³/mol. The van der Waals surface area contributed by atoms with Gasteiger partial charge in [-0.1, -0.05) is 13.0 Å². The van der Waals surface area contributed by atoms with E-state index in [4.69, 9.17) is 5.73 Å². The van der Waals surface area contributed by atoms with E-state index in [0.29, 0.717) is 6.54 Å². The van der Waals surface area contributed by atoms with E-state index in [1.54, 1.807) is 11.3 Å². The van der Waals surface area contributed by atoms with Crippen LogP contribution in [0.25, 0.3) is 0 Å². The van der Waals surface area contributed by atoms with Crippen LogP contribution in [0, 0.1) is 0 Å². The summed E-state index contributed by atoms with van der Waals surface area (Å²) in [5, 5.41) is 4.90. The molecule has 25 heavy (non-hydrogen) atoms. The fraction of sp³-hybridized carbons (Fsp3) is 0.474. The molecule has 0 unspecified atom stereocenters. The van der Waals surface area contributed by atoms with Crippen molar-refractivity contribution >= 4 is 17.2 Å². The zero-order valence-corrected chi connectivity index (χ0v) is 15.7. The Hall–Kier alpha value is -1.76. The lowest BCUT2D eigenvalue weighted by Gasteiger charge is -2.27. The number of nitrogens with one attached hydrogen (secondary N) is 1. The highest BCUT2D eigenvalue weighted by Crippen LogP contribution is 2.29.